The summed E-state index contributed by atoms with van der Waals surface area (Å²) in [6.07, 6.45) is 1.35. The summed E-state index contributed by atoms with van der Waals surface area (Å²) in [5.74, 6) is 0.413. The number of aromatic nitrogens is 3. The highest BCUT2D eigenvalue weighted by molar-refractivity contribution is 5.84. The van der Waals surface area contributed by atoms with Gasteiger partial charge in [0.1, 0.15) is 0 Å². The van der Waals surface area contributed by atoms with Gasteiger partial charge in [-0.25, -0.2) is 9.48 Å². The average molecular weight is 293 g/mol. The van der Waals surface area contributed by atoms with Crippen molar-refractivity contribution in [3.8, 4) is 17.2 Å². The van der Waals surface area contributed by atoms with Crippen molar-refractivity contribution in [3.63, 3.8) is 0 Å². The van der Waals surface area contributed by atoms with E-state index in [0.29, 0.717) is 23.8 Å². The van der Waals surface area contributed by atoms with Crippen LogP contribution in [0.25, 0.3) is 0 Å². The zero-order valence-corrected chi connectivity index (χ0v) is 11.9. The van der Waals surface area contributed by atoms with Crippen molar-refractivity contribution in [2.24, 2.45) is 0 Å². The van der Waals surface area contributed by atoms with Gasteiger partial charge >= 0.3 is 5.97 Å². The fourth-order valence-electron chi connectivity index (χ4n) is 1.89. The maximum atomic E-state index is 10.8. The van der Waals surface area contributed by atoms with E-state index in [1.165, 1.54) is 32.2 Å². The number of rotatable bonds is 6. The van der Waals surface area contributed by atoms with Crippen LogP contribution in [-0.2, 0) is 6.54 Å². The summed E-state index contributed by atoms with van der Waals surface area (Å²) >= 11 is 0. The summed E-state index contributed by atoms with van der Waals surface area (Å²) in [6, 6.07) is 3.53. The molecule has 0 atom stereocenters. The van der Waals surface area contributed by atoms with Crippen molar-refractivity contribution < 1.29 is 24.1 Å². The first-order valence-corrected chi connectivity index (χ1v) is 6.01. The largest absolute Gasteiger partial charge is 0.493 e. The molecule has 1 aromatic heterocycles. The Bertz CT molecular complexity index is 628. The fourth-order valence-corrected chi connectivity index (χ4v) is 1.89. The second-order valence-corrected chi connectivity index (χ2v) is 4.14. The van der Waals surface area contributed by atoms with Crippen LogP contribution < -0.4 is 14.2 Å². The molecule has 2 aromatic rings. The summed E-state index contributed by atoms with van der Waals surface area (Å²) in [5.41, 5.74) is 0.703. The first-order chi connectivity index (χ1) is 10.1. The number of ether oxygens (including phenoxy) is 3. The minimum absolute atomic E-state index is 0.109. The minimum atomic E-state index is -1.12. The zero-order chi connectivity index (χ0) is 15.4. The normalized spacial score (nSPS) is 10.2. The molecule has 21 heavy (non-hydrogen) atoms. The quantitative estimate of drug-likeness (QED) is 0.850. The number of carbonyl (C=O) groups is 1. The molecule has 112 valence electrons. The molecule has 0 aliphatic rings. The lowest BCUT2D eigenvalue weighted by molar-refractivity contribution is 0.0690. The van der Waals surface area contributed by atoms with Crippen molar-refractivity contribution in [1.82, 2.24) is 15.0 Å². The van der Waals surface area contributed by atoms with Crippen LogP contribution in [0.1, 0.15) is 16.1 Å². The summed E-state index contributed by atoms with van der Waals surface area (Å²) in [6.45, 7) is 0.330. The zero-order valence-electron chi connectivity index (χ0n) is 11.9. The van der Waals surface area contributed by atoms with Gasteiger partial charge in [-0.1, -0.05) is 5.21 Å². The van der Waals surface area contributed by atoms with Crippen molar-refractivity contribution in [2.75, 3.05) is 21.3 Å². The third-order valence-electron chi connectivity index (χ3n) is 2.83. The third-order valence-corrected chi connectivity index (χ3v) is 2.83. The average Bonchev–Trinajstić information content (AvgIpc) is 2.94. The van der Waals surface area contributed by atoms with Crippen molar-refractivity contribution in [2.45, 2.75) is 6.54 Å². The maximum Gasteiger partial charge on any atom is 0.358 e. The van der Waals surface area contributed by atoms with Gasteiger partial charge in [0.25, 0.3) is 0 Å². The van der Waals surface area contributed by atoms with E-state index in [0.717, 1.165) is 5.56 Å². The number of carboxylic acid groups (broad SMARTS) is 1. The van der Waals surface area contributed by atoms with E-state index in [2.05, 4.69) is 10.3 Å². The second kappa shape index (κ2) is 6.12. The van der Waals surface area contributed by atoms with Gasteiger partial charge in [-0.3, -0.25) is 0 Å². The number of benzene rings is 1. The molecule has 0 unspecified atom stereocenters. The molecule has 8 nitrogen and oxygen atoms in total. The van der Waals surface area contributed by atoms with Gasteiger partial charge in [0.15, 0.2) is 17.2 Å². The summed E-state index contributed by atoms with van der Waals surface area (Å²) in [5, 5.41) is 16.1. The first-order valence-electron chi connectivity index (χ1n) is 6.01. The lowest BCUT2D eigenvalue weighted by Crippen LogP contribution is -2.03. The molecule has 0 saturated heterocycles. The summed E-state index contributed by atoms with van der Waals surface area (Å²) in [4.78, 5) is 10.8. The molecule has 8 heteroatoms. The molecular formula is C13H15N3O5. The van der Waals surface area contributed by atoms with Gasteiger partial charge in [-0.2, -0.15) is 0 Å². The monoisotopic (exact) mass is 293 g/mol. The van der Waals surface area contributed by atoms with Crippen LogP contribution in [0.5, 0.6) is 17.2 Å². The molecule has 0 aliphatic heterocycles. The van der Waals surface area contributed by atoms with Crippen molar-refractivity contribution >= 4 is 5.97 Å². The lowest BCUT2D eigenvalue weighted by Gasteiger charge is -2.14. The molecule has 1 aromatic carbocycles. The van der Waals surface area contributed by atoms with Gasteiger partial charge in [0, 0.05) is 0 Å². The van der Waals surface area contributed by atoms with E-state index in [1.54, 1.807) is 12.1 Å². The molecule has 0 saturated carbocycles. The van der Waals surface area contributed by atoms with Gasteiger partial charge < -0.3 is 19.3 Å². The summed E-state index contributed by atoms with van der Waals surface area (Å²) in [7, 11) is 4.58. The van der Waals surface area contributed by atoms with Gasteiger partial charge in [-0.05, 0) is 17.7 Å². The Morgan fingerprint density at radius 3 is 2.24 bits per heavy atom. The number of carboxylic acids is 1. The third kappa shape index (κ3) is 3.04. The van der Waals surface area contributed by atoms with Crippen LogP contribution in [0, 0.1) is 0 Å². The van der Waals surface area contributed by atoms with Crippen molar-refractivity contribution in [3.05, 3.63) is 29.6 Å². The Labute approximate surface area is 120 Å². The van der Waals surface area contributed by atoms with E-state index >= 15 is 0 Å². The molecule has 0 radical (unpaired) electrons. The molecule has 0 bridgehead atoms. The number of hydrogen-bond donors (Lipinski definition) is 1. The Morgan fingerprint density at radius 1 is 1.19 bits per heavy atom. The Morgan fingerprint density at radius 2 is 1.81 bits per heavy atom. The second-order valence-electron chi connectivity index (χ2n) is 4.14. The molecule has 2 rings (SSSR count). The molecule has 0 spiro atoms. The predicted octanol–water partition coefficient (Wildman–Crippen LogP) is 1.05. The van der Waals surface area contributed by atoms with Gasteiger partial charge in [0.2, 0.25) is 5.75 Å². The highest BCUT2D eigenvalue weighted by atomic mass is 16.5. The number of hydrogen-bond acceptors (Lipinski definition) is 6. The molecule has 1 heterocycles. The Balaban J connectivity index is 2.32. The fraction of sp³-hybridized carbons (Fsp3) is 0.308. The highest BCUT2D eigenvalue weighted by Crippen LogP contribution is 2.38. The number of aromatic carboxylic acids is 1. The van der Waals surface area contributed by atoms with E-state index in [1.807, 2.05) is 0 Å². The Kier molecular flexibility index (Phi) is 4.27. The first kappa shape index (κ1) is 14.6. The van der Waals surface area contributed by atoms with E-state index < -0.39 is 5.97 Å². The summed E-state index contributed by atoms with van der Waals surface area (Å²) < 4.78 is 17.2. The standard InChI is InChI=1S/C13H15N3O5/c1-19-10-4-8(5-11(20-2)12(10)21-3)6-16-7-9(13(17)18)14-15-16/h4-5,7H,6H2,1-3H3,(H,17,18). The van der Waals surface area contributed by atoms with E-state index in [4.69, 9.17) is 19.3 Å². The lowest BCUT2D eigenvalue weighted by atomic mass is 10.2. The molecule has 0 aliphatic carbocycles. The topological polar surface area (TPSA) is 95.7 Å². The van der Waals surface area contributed by atoms with Crippen LogP contribution in [0.3, 0.4) is 0 Å². The maximum absolute atomic E-state index is 10.8. The molecular weight excluding hydrogens is 278 g/mol. The highest BCUT2D eigenvalue weighted by Gasteiger charge is 2.14. The minimum Gasteiger partial charge on any atom is -0.493 e. The molecule has 1 N–H and O–H groups in total. The number of methoxy groups -OCH3 is 3. The van der Waals surface area contributed by atoms with Gasteiger partial charge in [0.05, 0.1) is 34.1 Å². The van der Waals surface area contributed by atoms with E-state index in [9.17, 15) is 4.79 Å². The smallest absolute Gasteiger partial charge is 0.358 e. The predicted molar refractivity (Wildman–Crippen MR) is 72.2 cm³/mol. The van der Waals surface area contributed by atoms with Crippen LogP contribution in [0.4, 0.5) is 0 Å². The molecule has 0 amide bonds. The SMILES string of the molecule is COc1cc(Cn2cc(C(=O)O)nn2)cc(OC)c1OC. The number of nitrogens with zero attached hydrogens (tertiary/aromatic N) is 3. The molecule has 0 fully saturated rings. The van der Waals surface area contributed by atoms with Gasteiger partial charge in [-0.15, -0.1) is 5.10 Å². The van der Waals surface area contributed by atoms with Crippen LogP contribution >= 0.6 is 0 Å². The van der Waals surface area contributed by atoms with Crippen LogP contribution in [-0.4, -0.2) is 47.4 Å². The van der Waals surface area contributed by atoms with Crippen molar-refractivity contribution in [1.29, 1.82) is 0 Å². The Hall–Kier alpha value is -2.77. The van der Waals surface area contributed by atoms with Crippen LogP contribution in [0.15, 0.2) is 18.3 Å². The van der Waals surface area contributed by atoms with E-state index in [-0.39, 0.29) is 5.69 Å². The van der Waals surface area contributed by atoms with Crippen LogP contribution in [0.2, 0.25) is 0 Å².